The van der Waals surface area contributed by atoms with Gasteiger partial charge in [0.1, 0.15) is 0 Å². The molecule has 0 saturated heterocycles. The van der Waals surface area contributed by atoms with E-state index in [1.54, 1.807) is 6.07 Å². The predicted molar refractivity (Wildman–Crippen MR) is 73.0 cm³/mol. The van der Waals surface area contributed by atoms with E-state index in [-0.39, 0.29) is 21.4 Å². The molecule has 1 aromatic carbocycles. The summed E-state index contributed by atoms with van der Waals surface area (Å²) >= 11 is 0. The summed E-state index contributed by atoms with van der Waals surface area (Å²) in [6, 6.07) is 3.80. The van der Waals surface area contributed by atoms with Crippen molar-refractivity contribution < 1.29 is 4.92 Å². The van der Waals surface area contributed by atoms with Crippen molar-refractivity contribution in [2.45, 2.75) is 52.4 Å². The highest BCUT2D eigenvalue weighted by Crippen LogP contribution is 2.54. The monoisotopic (exact) mass is 247 g/mol. The molecular formula is C15H21NO2. The highest BCUT2D eigenvalue weighted by Gasteiger charge is 2.49. The van der Waals surface area contributed by atoms with Crippen LogP contribution in [0, 0.1) is 23.0 Å². The Bertz CT molecular complexity index is 530. The van der Waals surface area contributed by atoms with Gasteiger partial charge in [0, 0.05) is 11.6 Å². The van der Waals surface area contributed by atoms with Crippen molar-refractivity contribution in [3.63, 3.8) is 0 Å². The van der Waals surface area contributed by atoms with Gasteiger partial charge in [0.2, 0.25) is 0 Å². The maximum atomic E-state index is 11.1. The zero-order valence-electron chi connectivity index (χ0n) is 12.0. The fourth-order valence-electron chi connectivity index (χ4n) is 3.33. The van der Waals surface area contributed by atoms with Crippen molar-refractivity contribution in [3.8, 4) is 0 Å². The van der Waals surface area contributed by atoms with Crippen LogP contribution in [0.15, 0.2) is 12.1 Å². The second-order valence-corrected chi connectivity index (χ2v) is 6.61. The molecule has 3 heteroatoms. The van der Waals surface area contributed by atoms with E-state index < -0.39 is 0 Å². The highest BCUT2D eigenvalue weighted by atomic mass is 16.6. The summed E-state index contributed by atoms with van der Waals surface area (Å²) in [5.74, 6) is 0.460. The number of nitro benzene ring substituents is 1. The van der Waals surface area contributed by atoms with Gasteiger partial charge in [-0.1, -0.05) is 34.6 Å². The second-order valence-electron chi connectivity index (χ2n) is 6.61. The fraction of sp³-hybridized carbons (Fsp3) is 0.600. The third-order valence-electron chi connectivity index (χ3n) is 5.09. The first kappa shape index (κ1) is 13.1. The number of aryl methyl sites for hydroxylation is 1. The number of hydrogen-bond donors (Lipinski definition) is 0. The van der Waals surface area contributed by atoms with E-state index in [4.69, 9.17) is 0 Å². The smallest absolute Gasteiger partial charge is 0.258 e. The topological polar surface area (TPSA) is 43.1 Å². The maximum absolute atomic E-state index is 11.1. The van der Waals surface area contributed by atoms with Crippen LogP contribution in [-0.2, 0) is 10.8 Å². The van der Waals surface area contributed by atoms with Gasteiger partial charge in [-0.05, 0) is 40.9 Å². The maximum Gasteiger partial charge on any atom is 0.272 e. The number of nitro groups is 1. The molecule has 1 aromatic rings. The van der Waals surface area contributed by atoms with Gasteiger partial charge in [-0.15, -0.1) is 0 Å². The second kappa shape index (κ2) is 3.56. The Balaban J connectivity index is 2.76. The molecule has 2 rings (SSSR count). The molecular weight excluding hydrogens is 226 g/mol. The Hall–Kier alpha value is -1.38. The molecule has 1 aliphatic rings. The summed E-state index contributed by atoms with van der Waals surface area (Å²) < 4.78 is 0. The Kier molecular flexibility index (Phi) is 2.58. The van der Waals surface area contributed by atoms with Crippen LogP contribution in [0.25, 0.3) is 0 Å². The molecule has 0 aromatic heterocycles. The molecule has 0 fully saturated rings. The lowest BCUT2D eigenvalue weighted by Crippen LogP contribution is -2.30. The molecule has 98 valence electrons. The van der Waals surface area contributed by atoms with Crippen LogP contribution in [0.1, 0.15) is 51.3 Å². The molecule has 1 aliphatic carbocycles. The van der Waals surface area contributed by atoms with E-state index in [2.05, 4.69) is 34.6 Å². The average molecular weight is 247 g/mol. The fourth-order valence-corrected chi connectivity index (χ4v) is 3.33. The van der Waals surface area contributed by atoms with E-state index in [0.717, 1.165) is 11.1 Å². The normalized spacial score (nSPS) is 23.8. The van der Waals surface area contributed by atoms with Gasteiger partial charge in [-0.25, -0.2) is 0 Å². The van der Waals surface area contributed by atoms with E-state index in [9.17, 15) is 10.1 Å². The Morgan fingerprint density at radius 2 is 1.56 bits per heavy atom. The minimum absolute atomic E-state index is 0.0166. The van der Waals surface area contributed by atoms with Crippen LogP contribution in [0.4, 0.5) is 5.69 Å². The van der Waals surface area contributed by atoms with E-state index >= 15 is 0 Å². The number of nitrogens with zero attached hydrogens (tertiary/aromatic N) is 1. The van der Waals surface area contributed by atoms with Crippen LogP contribution in [0.3, 0.4) is 0 Å². The van der Waals surface area contributed by atoms with Crippen LogP contribution >= 0.6 is 0 Å². The average Bonchev–Trinajstić information content (AvgIpc) is 2.37. The van der Waals surface area contributed by atoms with Crippen molar-refractivity contribution in [1.29, 1.82) is 0 Å². The van der Waals surface area contributed by atoms with Crippen molar-refractivity contribution in [3.05, 3.63) is 38.9 Å². The lowest BCUT2D eigenvalue weighted by atomic mass is 9.71. The first-order valence-corrected chi connectivity index (χ1v) is 6.40. The van der Waals surface area contributed by atoms with Crippen LogP contribution in [0.2, 0.25) is 0 Å². The SMILES string of the molecule is Cc1cc2c(cc1[N+](=O)[O-])C(C)(C)C(C)C2(C)C. The molecule has 1 unspecified atom stereocenters. The lowest BCUT2D eigenvalue weighted by Gasteiger charge is -2.32. The van der Waals surface area contributed by atoms with E-state index in [1.165, 1.54) is 5.56 Å². The highest BCUT2D eigenvalue weighted by molar-refractivity contribution is 5.55. The summed E-state index contributed by atoms with van der Waals surface area (Å²) in [7, 11) is 0. The molecule has 0 N–H and O–H groups in total. The van der Waals surface area contributed by atoms with Gasteiger partial charge in [0.15, 0.2) is 0 Å². The summed E-state index contributed by atoms with van der Waals surface area (Å²) in [5.41, 5.74) is 3.46. The van der Waals surface area contributed by atoms with Gasteiger partial charge in [-0.2, -0.15) is 0 Å². The molecule has 0 amide bonds. The van der Waals surface area contributed by atoms with Crippen molar-refractivity contribution in [2.75, 3.05) is 0 Å². The van der Waals surface area contributed by atoms with E-state index in [0.29, 0.717) is 5.92 Å². The van der Waals surface area contributed by atoms with Gasteiger partial charge >= 0.3 is 0 Å². The van der Waals surface area contributed by atoms with Gasteiger partial charge in [-0.3, -0.25) is 10.1 Å². The molecule has 0 heterocycles. The van der Waals surface area contributed by atoms with Gasteiger partial charge in [0.05, 0.1) is 4.92 Å². The standard InChI is InChI=1S/C15H21NO2/c1-9-7-11-12(8-13(9)16(17)18)15(5,6)10(2)14(11,3)4/h7-8,10H,1-6H3. The summed E-state index contributed by atoms with van der Waals surface area (Å²) in [6.07, 6.45) is 0. The van der Waals surface area contributed by atoms with Crippen molar-refractivity contribution in [2.24, 2.45) is 5.92 Å². The van der Waals surface area contributed by atoms with Crippen molar-refractivity contribution in [1.82, 2.24) is 0 Å². The molecule has 0 saturated carbocycles. The van der Waals surface area contributed by atoms with Gasteiger partial charge < -0.3 is 0 Å². The van der Waals surface area contributed by atoms with Crippen molar-refractivity contribution >= 4 is 5.69 Å². The third-order valence-corrected chi connectivity index (χ3v) is 5.09. The number of hydrogen-bond acceptors (Lipinski definition) is 2. The molecule has 0 spiro atoms. The van der Waals surface area contributed by atoms with Gasteiger partial charge in [0.25, 0.3) is 5.69 Å². The van der Waals surface area contributed by atoms with Crippen LogP contribution in [0.5, 0.6) is 0 Å². The lowest BCUT2D eigenvalue weighted by molar-refractivity contribution is -0.385. The summed E-state index contributed by atoms with van der Waals surface area (Å²) in [4.78, 5) is 10.8. The summed E-state index contributed by atoms with van der Waals surface area (Å²) in [6.45, 7) is 12.9. The van der Waals surface area contributed by atoms with Crippen LogP contribution < -0.4 is 0 Å². The third kappa shape index (κ3) is 1.49. The minimum Gasteiger partial charge on any atom is -0.258 e. The molecule has 0 radical (unpaired) electrons. The first-order chi connectivity index (χ1) is 8.10. The number of fused-ring (bicyclic) bond motifs is 1. The van der Waals surface area contributed by atoms with E-state index in [1.807, 2.05) is 13.0 Å². The molecule has 18 heavy (non-hydrogen) atoms. The minimum atomic E-state index is -0.276. The first-order valence-electron chi connectivity index (χ1n) is 6.40. The Labute approximate surface area is 108 Å². The zero-order chi connectivity index (χ0) is 13.9. The molecule has 1 atom stereocenters. The largest absolute Gasteiger partial charge is 0.272 e. The summed E-state index contributed by atoms with van der Waals surface area (Å²) in [5, 5.41) is 11.1. The molecule has 0 bridgehead atoms. The zero-order valence-corrected chi connectivity index (χ0v) is 12.0. The Morgan fingerprint density at radius 3 is 2.00 bits per heavy atom. The quantitative estimate of drug-likeness (QED) is 0.553. The number of benzene rings is 1. The molecule has 0 aliphatic heterocycles. The molecule has 3 nitrogen and oxygen atoms in total. The van der Waals surface area contributed by atoms with Crippen LogP contribution in [-0.4, -0.2) is 4.92 Å². The number of rotatable bonds is 1. The Morgan fingerprint density at radius 1 is 1.11 bits per heavy atom. The predicted octanol–water partition coefficient (Wildman–Crippen LogP) is 4.11.